The van der Waals surface area contributed by atoms with E-state index in [1.807, 2.05) is 12.1 Å². The molecule has 1 N–H and O–H groups in total. The molecule has 1 atom stereocenters. The first kappa shape index (κ1) is 13.9. The van der Waals surface area contributed by atoms with Gasteiger partial charge in [-0.3, -0.25) is 0 Å². The predicted molar refractivity (Wildman–Crippen MR) is 76.5 cm³/mol. The van der Waals surface area contributed by atoms with Crippen LogP contribution in [0.25, 0.3) is 0 Å². The second-order valence-electron chi connectivity index (χ2n) is 4.57. The number of anilines is 1. The fourth-order valence-corrected chi connectivity index (χ4v) is 2.23. The number of hydrogen-bond donors (Lipinski definition) is 1. The minimum absolute atomic E-state index is 0.215. The second kappa shape index (κ2) is 6.57. The van der Waals surface area contributed by atoms with Crippen LogP contribution in [0, 0.1) is 0 Å². The Labute approximate surface area is 118 Å². The summed E-state index contributed by atoms with van der Waals surface area (Å²) in [7, 11) is 0. The lowest BCUT2D eigenvalue weighted by Crippen LogP contribution is -2.20. The van der Waals surface area contributed by atoms with Gasteiger partial charge in [0.1, 0.15) is 23.1 Å². The van der Waals surface area contributed by atoms with Gasteiger partial charge < -0.3 is 9.73 Å². The lowest BCUT2D eigenvalue weighted by atomic mass is 10.1. The molecule has 0 aliphatic rings. The number of aromatic nitrogens is 2. The third-order valence-electron chi connectivity index (χ3n) is 2.86. The molecule has 2 heterocycles. The summed E-state index contributed by atoms with van der Waals surface area (Å²) in [5.41, 5.74) is 0.984. The van der Waals surface area contributed by atoms with Gasteiger partial charge in [0.05, 0.1) is 6.26 Å². The highest BCUT2D eigenvalue weighted by Gasteiger charge is 2.12. The Balaban J connectivity index is 2.07. The summed E-state index contributed by atoms with van der Waals surface area (Å²) in [5, 5.41) is 3.91. The molecule has 1 unspecified atom stereocenters. The van der Waals surface area contributed by atoms with E-state index in [2.05, 4.69) is 29.1 Å². The zero-order chi connectivity index (χ0) is 13.7. The van der Waals surface area contributed by atoms with Crippen LogP contribution >= 0.6 is 11.6 Å². The van der Waals surface area contributed by atoms with Crippen LogP contribution < -0.4 is 5.32 Å². The van der Waals surface area contributed by atoms with Crippen LogP contribution in [0.5, 0.6) is 0 Å². The third-order valence-corrected chi connectivity index (χ3v) is 3.19. The normalized spacial score (nSPS) is 12.4. The van der Waals surface area contributed by atoms with E-state index in [9.17, 15) is 0 Å². The molecule has 2 aromatic heterocycles. The summed E-state index contributed by atoms with van der Waals surface area (Å²) >= 11 is 6.12. The summed E-state index contributed by atoms with van der Waals surface area (Å²) in [4.78, 5) is 8.33. The topological polar surface area (TPSA) is 51.0 Å². The van der Waals surface area contributed by atoms with Crippen molar-refractivity contribution in [2.45, 2.75) is 39.2 Å². The first-order valence-electron chi connectivity index (χ1n) is 6.49. The molecule has 0 aromatic carbocycles. The summed E-state index contributed by atoms with van der Waals surface area (Å²) < 4.78 is 5.34. The third kappa shape index (κ3) is 3.70. The Morgan fingerprint density at radius 3 is 2.95 bits per heavy atom. The molecule has 0 saturated carbocycles. The summed E-state index contributed by atoms with van der Waals surface area (Å²) in [6.45, 7) is 4.20. The molecule has 0 spiro atoms. The van der Waals surface area contributed by atoms with Gasteiger partial charge in [-0.15, -0.1) is 0 Å². The molecule has 0 amide bonds. The van der Waals surface area contributed by atoms with Gasteiger partial charge in [-0.1, -0.05) is 24.9 Å². The van der Waals surface area contributed by atoms with Crippen molar-refractivity contribution in [1.29, 1.82) is 0 Å². The quantitative estimate of drug-likeness (QED) is 0.819. The number of furan rings is 1. The standard InChI is InChI=1S/C14H18ClN3O/c1-3-5-12-13(15)16-9-17-14(12)18-10(2)8-11-6-4-7-19-11/h4,6-7,9-10H,3,5,8H2,1-2H3,(H,16,17,18). The Morgan fingerprint density at radius 1 is 1.42 bits per heavy atom. The molecular weight excluding hydrogens is 262 g/mol. The first-order valence-corrected chi connectivity index (χ1v) is 6.86. The van der Waals surface area contributed by atoms with E-state index in [0.717, 1.165) is 36.4 Å². The predicted octanol–water partition coefficient (Wildman–Crippen LogP) is 3.72. The van der Waals surface area contributed by atoms with Crippen molar-refractivity contribution < 1.29 is 4.42 Å². The van der Waals surface area contributed by atoms with E-state index in [-0.39, 0.29) is 6.04 Å². The molecular formula is C14H18ClN3O. The van der Waals surface area contributed by atoms with E-state index < -0.39 is 0 Å². The number of halogens is 1. The number of rotatable bonds is 6. The summed E-state index contributed by atoms with van der Waals surface area (Å²) in [5.74, 6) is 1.78. The Morgan fingerprint density at radius 2 is 2.26 bits per heavy atom. The van der Waals surface area contributed by atoms with E-state index in [0.29, 0.717) is 5.15 Å². The van der Waals surface area contributed by atoms with E-state index >= 15 is 0 Å². The molecule has 4 nitrogen and oxygen atoms in total. The average Bonchev–Trinajstić information content (AvgIpc) is 2.86. The van der Waals surface area contributed by atoms with Crippen LogP contribution in [0.1, 0.15) is 31.6 Å². The van der Waals surface area contributed by atoms with Gasteiger partial charge in [0.2, 0.25) is 0 Å². The van der Waals surface area contributed by atoms with Crippen molar-refractivity contribution >= 4 is 17.4 Å². The molecule has 19 heavy (non-hydrogen) atoms. The van der Waals surface area contributed by atoms with Gasteiger partial charge in [0.15, 0.2) is 0 Å². The van der Waals surface area contributed by atoms with Gasteiger partial charge in [-0.25, -0.2) is 9.97 Å². The van der Waals surface area contributed by atoms with Crippen molar-refractivity contribution in [3.05, 3.63) is 41.2 Å². The molecule has 5 heteroatoms. The lowest BCUT2D eigenvalue weighted by molar-refractivity contribution is 0.497. The van der Waals surface area contributed by atoms with Crippen LogP contribution in [0.4, 0.5) is 5.82 Å². The summed E-state index contributed by atoms with van der Waals surface area (Å²) in [6.07, 6.45) is 5.86. The smallest absolute Gasteiger partial charge is 0.137 e. The molecule has 2 rings (SSSR count). The van der Waals surface area contributed by atoms with Crippen LogP contribution in [-0.2, 0) is 12.8 Å². The first-order chi connectivity index (χ1) is 9.20. The maximum atomic E-state index is 6.12. The van der Waals surface area contributed by atoms with Crippen LogP contribution in [0.3, 0.4) is 0 Å². The molecule has 0 fully saturated rings. The fraction of sp³-hybridized carbons (Fsp3) is 0.429. The number of hydrogen-bond acceptors (Lipinski definition) is 4. The molecule has 0 bridgehead atoms. The van der Waals surface area contributed by atoms with Gasteiger partial charge in [0.25, 0.3) is 0 Å². The van der Waals surface area contributed by atoms with E-state index in [1.165, 1.54) is 6.33 Å². The molecule has 102 valence electrons. The Hall–Kier alpha value is -1.55. The van der Waals surface area contributed by atoms with Crippen LogP contribution in [0.15, 0.2) is 29.1 Å². The Kier molecular flexibility index (Phi) is 4.80. The lowest BCUT2D eigenvalue weighted by Gasteiger charge is -2.16. The Bertz CT molecular complexity index is 513. The summed E-state index contributed by atoms with van der Waals surface area (Å²) in [6, 6.07) is 4.08. The molecule has 0 radical (unpaired) electrons. The van der Waals surface area contributed by atoms with Crippen molar-refractivity contribution in [3.8, 4) is 0 Å². The second-order valence-corrected chi connectivity index (χ2v) is 4.93. The number of nitrogens with zero attached hydrogens (tertiary/aromatic N) is 2. The highest BCUT2D eigenvalue weighted by molar-refractivity contribution is 6.30. The monoisotopic (exact) mass is 279 g/mol. The average molecular weight is 280 g/mol. The van der Waals surface area contributed by atoms with Gasteiger partial charge in [-0.2, -0.15) is 0 Å². The minimum Gasteiger partial charge on any atom is -0.469 e. The molecule has 0 aliphatic carbocycles. The largest absolute Gasteiger partial charge is 0.469 e. The zero-order valence-corrected chi connectivity index (χ0v) is 11.9. The highest BCUT2D eigenvalue weighted by atomic mass is 35.5. The van der Waals surface area contributed by atoms with Gasteiger partial charge >= 0.3 is 0 Å². The van der Waals surface area contributed by atoms with Crippen molar-refractivity contribution in [2.24, 2.45) is 0 Å². The highest BCUT2D eigenvalue weighted by Crippen LogP contribution is 2.22. The van der Waals surface area contributed by atoms with Gasteiger partial charge in [0, 0.05) is 18.0 Å². The van der Waals surface area contributed by atoms with E-state index in [4.69, 9.17) is 16.0 Å². The van der Waals surface area contributed by atoms with Gasteiger partial charge in [-0.05, 0) is 25.5 Å². The SMILES string of the molecule is CCCc1c(Cl)ncnc1NC(C)Cc1ccco1. The maximum absolute atomic E-state index is 6.12. The minimum atomic E-state index is 0.215. The molecule has 0 saturated heterocycles. The number of nitrogens with one attached hydrogen (secondary N) is 1. The fourth-order valence-electron chi connectivity index (χ4n) is 2.00. The zero-order valence-electron chi connectivity index (χ0n) is 11.2. The molecule has 2 aromatic rings. The molecule has 0 aliphatic heterocycles. The van der Waals surface area contributed by atoms with Crippen LogP contribution in [-0.4, -0.2) is 16.0 Å². The van der Waals surface area contributed by atoms with Crippen molar-refractivity contribution in [3.63, 3.8) is 0 Å². The maximum Gasteiger partial charge on any atom is 0.137 e. The van der Waals surface area contributed by atoms with Crippen molar-refractivity contribution in [1.82, 2.24) is 9.97 Å². The van der Waals surface area contributed by atoms with Crippen LogP contribution in [0.2, 0.25) is 5.15 Å². The van der Waals surface area contributed by atoms with Crippen molar-refractivity contribution in [2.75, 3.05) is 5.32 Å². The van der Waals surface area contributed by atoms with E-state index in [1.54, 1.807) is 6.26 Å².